The Balaban J connectivity index is -0.0000000257. The standard InChI is InChI=1S/3C2H5O.Co/c3*1-2-3;/h3*2H2,1H3;/q3*-1;+3. The van der Waals surface area contributed by atoms with Crippen LogP contribution in [0.25, 0.3) is 0 Å². The second kappa shape index (κ2) is 57.6. The average molecular weight is 194 g/mol. The molecule has 0 aliphatic rings. The number of hydrogen-bond donors (Lipinski definition) is 0. The molecule has 0 fully saturated rings. The van der Waals surface area contributed by atoms with Crippen LogP contribution in [-0.4, -0.2) is 19.8 Å². The summed E-state index contributed by atoms with van der Waals surface area (Å²) < 4.78 is 0. The predicted molar refractivity (Wildman–Crippen MR) is 31.6 cm³/mol. The van der Waals surface area contributed by atoms with Crippen LogP contribution in [0.2, 0.25) is 0 Å². The van der Waals surface area contributed by atoms with Crippen LogP contribution in [0.15, 0.2) is 0 Å². The second-order valence-corrected chi connectivity index (χ2v) is 0.866. The molecule has 3 nitrogen and oxygen atoms in total. The van der Waals surface area contributed by atoms with Crippen molar-refractivity contribution in [3.63, 3.8) is 0 Å². The number of hydrogen-bond acceptors (Lipinski definition) is 3. The summed E-state index contributed by atoms with van der Waals surface area (Å²) in [4.78, 5) is 0. The molecule has 0 heterocycles. The molecule has 4 heteroatoms. The summed E-state index contributed by atoms with van der Waals surface area (Å²) in [5, 5.41) is 26.8. The maximum atomic E-state index is 8.93. The van der Waals surface area contributed by atoms with Crippen LogP contribution in [0, 0.1) is 0 Å². The van der Waals surface area contributed by atoms with E-state index in [1.54, 1.807) is 20.8 Å². The summed E-state index contributed by atoms with van der Waals surface area (Å²) in [7, 11) is 0. The minimum absolute atomic E-state index is 0. The van der Waals surface area contributed by atoms with E-state index in [1.807, 2.05) is 0 Å². The van der Waals surface area contributed by atoms with Crippen molar-refractivity contribution >= 4 is 0 Å². The van der Waals surface area contributed by atoms with Crippen molar-refractivity contribution in [1.29, 1.82) is 0 Å². The Kier molecular flexibility index (Phi) is 129. The van der Waals surface area contributed by atoms with E-state index in [0.717, 1.165) is 0 Å². The zero-order valence-electron chi connectivity index (χ0n) is 6.68. The normalized spacial score (nSPS) is 5.40. The van der Waals surface area contributed by atoms with E-state index in [0.29, 0.717) is 0 Å². The van der Waals surface area contributed by atoms with Gasteiger partial charge in [0, 0.05) is 0 Å². The van der Waals surface area contributed by atoms with E-state index in [4.69, 9.17) is 15.3 Å². The fourth-order valence-corrected chi connectivity index (χ4v) is 0. The van der Waals surface area contributed by atoms with Crippen molar-refractivity contribution in [3.8, 4) is 0 Å². The van der Waals surface area contributed by atoms with Crippen LogP contribution in [-0.2, 0) is 16.8 Å². The third kappa shape index (κ3) is 3060. The molecule has 0 saturated carbocycles. The molecule has 0 aromatic heterocycles. The summed E-state index contributed by atoms with van der Waals surface area (Å²) in [6.07, 6.45) is 0. The number of rotatable bonds is 0. The van der Waals surface area contributed by atoms with Crippen molar-refractivity contribution in [3.05, 3.63) is 0 Å². The maximum Gasteiger partial charge on any atom is 3.00 e. The van der Waals surface area contributed by atoms with Crippen molar-refractivity contribution in [2.24, 2.45) is 0 Å². The Morgan fingerprint density at radius 2 is 0.700 bits per heavy atom. The van der Waals surface area contributed by atoms with Gasteiger partial charge in [-0.3, -0.25) is 0 Å². The third-order valence-corrected chi connectivity index (χ3v) is 0. The van der Waals surface area contributed by atoms with Gasteiger partial charge in [-0.2, -0.15) is 0 Å². The molecule has 0 radical (unpaired) electrons. The van der Waals surface area contributed by atoms with Crippen molar-refractivity contribution in [2.75, 3.05) is 19.8 Å². The van der Waals surface area contributed by atoms with Gasteiger partial charge >= 0.3 is 16.8 Å². The zero-order valence-corrected chi connectivity index (χ0v) is 7.72. The molecular formula is C6H15CoO3. The summed E-state index contributed by atoms with van der Waals surface area (Å²) in [5.41, 5.74) is 0. The van der Waals surface area contributed by atoms with Gasteiger partial charge in [-0.25, -0.2) is 0 Å². The van der Waals surface area contributed by atoms with Gasteiger partial charge in [-0.1, -0.05) is 20.8 Å². The molecule has 0 atom stereocenters. The monoisotopic (exact) mass is 194 g/mol. The third-order valence-electron chi connectivity index (χ3n) is 0. The minimum atomic E-state index is 0. The summed E-state index contributed by atoms with van der Waals surface area (Å²) in [6, 6.07) is 0. The van der Waals surface area contributed by atoms with Gasteiger partial charge in [0.15, 0.2) is 0 Å². The van der Waals surface area contributed by atoms with E-state index in [2.05, 4.69) is 0 Å². The smallest absolute Gasteiger partial charge is 0.855 e. The Hall–Kier alpha value is 0.386. The fourth-order valence-electron chi connectivity index (χ4n) is 0. The Bertz CT molecular complexity index is 17.7. The van der Waals surface area contributed by atoms with Gasteiger partial charge in [0.2, 0.25) is 0 Å². The predicted octanol–water partition coefficient (Wildman–Crippen LogP) is -1.90. The van der Waals surface area contributed by atoms with Crippen LogP contribution in [0.5, 0.6) is 0 Å². The molecule has 66 valence electrons. The zero-order chi connectivity index (χ0) is 8.12. The Morgan fingerprint density at radius 3 is 0.700 bits per heavy atom. The molecule has 0 aromatic rings. The van der Waals surface area contributed by atoms with Gasteiger partial charge in [0.25, 0.3) is 0 Å². The van der Waals surface area contributed by atoms with Crippen LogP contribution < -0.4 is 15.3 Å². The minimum Gasteiger partial charge on any atom is -0.855 e. The first-order chi connectivity index (χ1) is 4.24. The maximum absolute atomic E-state index is 8.93. The van der Waals surface area contributed by atoms with E-state index in [9.17, 15) is 0 Å². The molecule has 0 saturated heterocycles. The van der Waals surface area contributed by atoms with Gasteiger partial charge in [-0.15, -0.1) is 19.8 Å². The first-order valence-corrected chi connectivity index (χ1v) is 2.99. The molecule has 0 spiro atoms. The molecule has 10 heavy (non-hydrogen) atoms. The Morgan fingerprint density at radius 1 is 0.700 bits per heavy atom. The molecule has 0 aromatic carbocycles. The largest absolute Gasteiger partial charge is 3.00 e. The Labute approximate surface area is 73.3 Å². The molecule has 0 unspecified atom stereocenters. The molecular weight excluding hydrogens is 179 g/mol. The van der Waals surface area contributed by atoms with Gasteiger partial charge in [-0.05, 0) is 0 Å². The topological polar surface area (TPSA) is 69.2 Å². The van der Waals surface area contributed by atoms with Crippen LogP contribution in [0.4, 0.5) is 0 Å². The van der Waals surface area contributed by atoms with Gasteiger partial charge in [0.05, 0.1) is 0 Å². The molecule has 0 amide bonds. The van der Waals surface area contributed by atoms with Crippen LogP contribution in [0.1, 0.15) is 20.8 Å². The SMILES string of the molecule is CC[O-].CC[O-].CC[O-].[Co+3]. The fraction of sp³-hybridized carbons (Fsp3) is 1.00. The second-order valence-electron chi connectivity index (χ2n) is 0.866. The van der Waals surface area contributed by atoms with Crippen LogP contribution >= 0.6 is 0 Å². The van der Waals surface area contributed by atoms with Crippen LogP contribution in [0.3, 0.4) is 0 Å². The molecule has 0 bridgehead atoms. The average Bonchev–Trinajstić information content (AvgIpc) is 1.70. The van der Waals surface area contributed by atoms with Gasteiger partial charge in [0.1, 0.15) is 0 Å². The molecule has 0 aliphatic carbocycles. The van der Waals surface area contributed by atoms with Crippen molar-refractivity contribution in [2.45, 2.75) is 20.8 Å². The van der Waals surface area contributed by atoms with E-state index < -0.39 is 0 Å². The molecule has 0 N–H and O–H groups in total. The quantitative estimate of drug-likeness (QED) is 0.452. The van der Waals surface area contributed by atoms with E-state index in [1.165, 1.54) is 0 Å². The van der Waals surface area contributed by atoms with E-state index in [-0.39, 0.29) is 36.6 Å². The van der Waals surface area contributed by atoms with Gasteiger partial charge < -0.3 is 15.3 Å². The first-order valence-electron chi connectivity index (χ1n) is 2.99. The first kappa shape index (κ1) is 22.4. The summed E-state index contributed by atoms with van der Waals surface area (Å²) in [6.45, 7) is 4.71. The molecule has 0 aliphatic heterocycles. The summed E-state index contributed by atoms with van der Waals surface area (Å²) >= 11 is 0. The van der Waals surface area contributed by atoms with Crippen molar-refractivity contribution < 1.29 is 32.1 Å². The van der Waals surface area contributed by atoms with Crippen molar-refractivity contribution in [1.82, 2.24) is 0 Å². The van der Waals surface area contributed by atoms with E-state index >= 15 is 0 Å². The summed E-state index contributed by atoms with van der Waals surface area (Å²) in [5.74, 6) is 0. The molecule has 0 rings (SSSR count).